The molecule has 0 bridgehead atoms. The van der Waals surface area contributed by atoms with Gasteiger partial charge in [-0.05, 0) is 25.5 Å². The van der Waals surface area contributed by atoms with Crippen molar-refractivity contribution in [1.29, 1.82) is 0 Å². The number of hydrogen-bond acceptors (Lipinski definition) is 6. The zero-order valence-electron chi connectivity index (χ0n) is 17.3. The molecule has 29 heavy (non-hydrogen) atoms. The third kappa shape index (κ3) is 5.13. The summed E-state index contributed by atoms with van der Waals surface area (Å²) < 4.78 is 33.0. The first-order valence-corrected chi connectivity index (χ1v) is 11.3. The van der Waals surface area contributed by atoms with Crippen molar-refractivity contribution < 1.29 is 12.9 Å². The van der Waals surface area contributed by atoms with Gasteiger partial charge in [0.25, 0.3) is 0 Å². The lowest BCUT2D eigenvalue weighted by molar-refractivity contribution is 0.233. The van der Waals surface area contributed by atoms with Gasteiger partial charge in [0.15, 0.2) is 0 Å². The van der Waals surface area contributed by atoms with Crippen molar-refractivity contribution in [1.82, 2.24) is 19.6 Å². The van der Waals surface area contributed by atoms with E-state index < -0.39 is 9.84 Å². The lowest BCUT2D eigenvalue weighted by Gasteiger charge is -2.24. The summed E-state index contributed by atoms with van der Waals surface area (Å²) >= 11 is 0. The summed E-state index contributed by atoms with van der Waals surface area (Å²) in [5, 5.41) is 4.14. The van der Waals surface area contributed by atoms with E-state index in [0.717, 1.165) is 17.0 Å². The van der Waals surface area contributed by atoms with Crippen molar-refractivity contribution in [2.75, 3.05) is 7.05 Å². The quantitative estimate of drug-likeness (QED) is 0.529. The Morgan fingerprint density at radius 3 is 2.48 bits per heavy atom. The van der Waals surface area contributed by atoms with Crippen LogP contribution in [0.5, 0.6) is 0 Å². The number of aromatic nitrogens is 3. The van der Waals surface area contributed by atoms with Crippen LogP contribution < -0.4 is 0 Å². The molecule has 1 atom stereocenters. The topological polar surface area (TPSA) is 81.2 Å². The molecule has 0 saturated carbocycles. The van der Waals surface area contributed by atoms with Crippen molar-refractivity contribution in [3.8, 4) is 0 Å². The number of rotatable bonds is 9. The Morgan fingerprint density at radius 1 is 1.14 bits per heavy atom. The molecule has 1 aromatic carbocycles. The monoisotopic (exact) mass is 416 g/mol. The summed E-state index contributed by atoms with van der Waals surface area (Å²) in [5.74, 6) is 0.222. The summed E-state index contributed by atoms with van der Waals surface area (Å²) in [4.78, 5) is 6.42. The van der Waals surface area contributed by atoms with Crippen molar-refractivity contribution in [3.05, 3.63) is 65.8 Å². The first-order chi connectivity index (χ1) is 13.8. The Morgan fingerprint density at radius 2 is 1.86 bits per heavy atom. The predicted molar refractivity (Wildman–Crippen MR) is 111 cm³/mol. The van der Waals surface area contributed by atoms with E-state index in [1.54, 1.807) is 12.5 Å². The van der Waals surface area contributed by atoms with Crippen molar-refractivity contribution in [2.45, 2.75) is 50.8 Å². The van der Waals surface area contributed by atoms with Gasteiger partial charge in [-0.15, -0.1) is 0 Å². The third-order valence-electron chi connectivity index (χ3n) is 4.89. The maximum absolute atomic E-state index is 13.1. The number of benzene rings is 1. The van der Waals surface area contributed by atoms with Gasteiger partial charge in [-0.2, -0.15) is 0 Å². The minimum absolute atomic E-state index is 0.0283. The van der Waals surface area contributed by atoms with E-state index >= 15 is 0 Å². The zero-order valence-corrected chi connectivity index (χ0v) is 18.1. The first kappa shape index (κ1) is 21.3. The Balaban J connectivity index is 1.88. The fourth-order valence-corrected chi connectivity index (χ4v) is 4.74. The Hall–Kier alpha value is -2.45. The highest BCUT2D eigenvalue weighted by Crippen LogP contribution is 2.23. The summed E-state index contributed by atoms with van der Waals surface area (Å²) in [6.07, 6.45) is 3.23. The molecular formula is C21H28N4O3S. The lowest BCUT2D eigenvalue weighted by atomic mass is 10.2. The molecule has 0 aliphatic carbocycles. The van der Waals surface area contributed by atoms with Crippen LogP contribution in [0.4, 0.5) is 0 Å². The van der Waals surface area contributed by atoms with E-state index in [1.807, 2.05) is 54.9 Å². The Kier molecular flexibility index (Phi) is 6.54. The van der Waals surface area contributed by atoms with Gasteiger partial charge in [0.05, 0.1) is 23.7 Å². The van der Waals surface area contributed by atoms with Crippen molar-refractivity contribution in [3.63, 3.8) is 0 Å². The average molecular weight is 417 g/mol. The maximum Gasteiger partial charge on any atom is 0.228 e. The predicted octanol–water partition coefficient (Wildman–Crippen LogP) is 3.69. The molecule has 0 spiro atoms. The van der Waals surface area contributed by atoms with Crippen LogP contribution in [-0.4, -0.2) is 35.1 Å². The van der Waals surface area contributed by atoms with Crippen molar-refractivity contribution in [2.24, 2.45) is 5.92 Å². The van der Waals surface area contributed by atoms with E-state index in [-0.39, 0.29) is 22.9 Å². The van der Waals surface area contributed by atoms with Crippen LogP contribution in [0.1, 0.15) is 43.8 Å². The minimum Gasteiger partial charge on any atom is -0.364 e. The molecular weight excluding hydrogens is 388 g/mol. The van der Waals surface area contributed by atoms with E-state index in [9.17, 15) is 8.42 Å². The molecule has 0 saturated heterocycles. The molecule has 0 amide bonds. The van der Waals surface area contributed by atoms with Crippen LogP contribution in [0.25, 0.3) is 0 Å². The Labute approximate surface area is 172 Å². The molecule has 3 rings (SSSR count). The van der Waals surface area contributed by atoms with Crippen LogP contribution in [0.2, 0.25) is 0 Å². The maximum atomic E-state index is 13.1. The van der Waals surface area contributed by atoms with Gasteiger partial charge in [0, 0.05) is 19.2 Å². The standard InChI is InChI=1S/C21H28N4O3S/c1-16(2)13-25-19(14-24(4)17(3)20-10-11-28-23-20)12-22-21(25)29(26,27)15-18-8-6-5-7-9-18/h5-12,16-17H,13-15H2,1-4H3. The smallest absolute Gasteiger partial charge is 0.228 e. The summed E-state index contributed by atoms with van der Waals surface area (Å²) in [5.41, 5.74) is 2.45. The number of imidazole rings is 1. The van der Waals surface area contributed by atoms with Crippen molar-refractivity contribution >= 4 is 9.84 Å². The Bertz CT molecular complexity index is 1010. The molecule has 1 unspecified atom stereocenters. The number of nitrogens with zero attached hydrogens (tertiary/aromatic N) is 4. The SMILES string of the molecule is CC(C)Cn1c(CN(C)C(C)c2ccon2)cnc1S(=O)(=O)Cc1ccccc1. The average Bonchev–Trinajstić information content (AvgIpc) is 3.32. The van der Waals surface area contributed by atoms with E-state index in [2.05, 4.69) is 28.9 Å². The largest absolute Gasteiger partial charge is 0.364 e. The molecule has 3 aromatic rings. The molecule has 0 aliphatic heterocycles. The first-order valence-electron chi connectivity index (χ1n) is 9.69. The van der Waals surface area contributed by atoms with E-state index in [4.69, 9.17) is 4.52 Å². The summed E-state index contributed by atoms with van der Waals surface area (Å²) in [6.45, 7) is 7.31. The highest BCUT2D eigenvalue weighted by Gasteiger charge is 2.25. The van der Waals surface area contributed by atoms with Gasteiger partial charge in [-0.3, -0.25) is 4.90 Å². The third-order valence-corrected chi connectivity index (χ3v) is 6.48. The van der Waals surface area contributed by atoms with Crippen LogP contribution in [0, 0.1) is 5.92 Å². The van der Waals surface area contributed by atoms with Gasteiger partial charge in [0.2, 0.25) is 15.0 Å². The van der Waals surface area contributed by atoms with Crippen LogP contribution in [0.3, 0.4) is 0 Å². The molecule has 2 heterocycles. The normalized spacial score (nSPS) is 13.3. The highest BCUT2D eigenvalue weighted by molar-refractivity contribution is 7.90. The molecule has 0 fully saturated rings. The second-order valence-corrected chi connectivity index (χ2v) is 9.68. The summed E-state index contributed by atoms with van der Waals surface area (Å²) in [7, 11) is -1.59. The molecule has 0 aliphatic rings. The molecule has 156 valence electrons. The van der Waals surface area contributed by atoms with Gasteiger partial charge in [0.1, 0.15) is 12.0 Å². The second-order valence-electron chi connectivity index (χ2n) is 7.80. The van der Waals surface area contributed by atoms with Gasteiger partial charge in [-0.25, -0.2) is 13.4 Å². The van der Waals surface area contributed by atoms with E-state index in [0.29, 0.717) is 13.1 Å². The van der Waals surface area contributed by atoms with Gasteiger partial charge >= 0.3 is 0 Å². The summed E-state index contributed by atoms with van der Waals surface area (Å²) in [6, 6.07) is 11.1. The molecule has 0 radical (unpaired) electrons. The highest BCUT2D eigenvalue weighted by atomic mass is 32.2. The minimum atomic E-state index is -3.56. The fourth-order valence-electron chi connectivity index (χ4n) is 3.24. The fraction of sp³-hybridized carbons (Fsp3) is 0.429. The van der Waals surface area contributed by atoms with Gasteiger partial charge in [-0.1, -0.05) is 49.3 Å². The van der Waals surface area contributed by atoms with Crippen LogP contribution in [0.15, 0.2) is 58.5 Å². The van der Waals surface area contributed by atoms with Crippen LogP contribution in [-0.2, 0) is 28.7 Å². The molecule has 2 aromatic heterocycles. The number of hydrogen-bond donors (Lipinski definition) is 0. The molecule has 0 N–H and O–H groups in total. The molecule has 7 nitrogen and oxygen atoms in total. The molecule has 8 heteroatoms. The zero-order chi connectivity index (χ0) is 21.0. The van der Waals surface area contributed by atoms with Gasteiger partial charge < -0.3 is 9.09 Å². The van der Waals surface area contributed by atoms with E-state index in [1.165, 1.54) is 0 Å². The number of sulfone groups is 1. The second kappa shape index (κ2) is 8.92. The lowest BCUT2D eigenvalue weighted by Crippen LogP contribution is -2.25. The van der Waals surface area contributed by atoms with Crippen LogP contribution >= 0.6 is 0 Å².